The van der Waals surface area contributed by atoms with E-state index in [2.05, 4.69) is 10.3 Å². The molecule has 1 amide bonds. The highest BCUT2D eigenvalue weighted by Gasteiger charge is 2.17. The normalized spacial score (nSPS) is 10.7. The minimum absolute atomic E-state index is 0.0325. The Kier molecular flexibility index (Phi) is 4.61. The average molecular weight is 332 g/mol. The molecule has 4 nitrogen and oxygen atoms in total. The Balaban J connectivity index is 2.06. The van der Waals surface area contributed by atoms with Crippen LogP contribution in [0.15, 0.2) is 48.5 Å². The summed E-state index contributed by atoms with van der Waals surface area (Å²) in [6.45, 7) is 5.47. The molecule has 0 radical (unpaired) electrons. The number of nitrogens with one attached hydrogen (secondary N) is 1. The van der Waals surface area contributed by atoms with E-state index in [0.717, 1.165) is 28.6 Å². The van der Waals surface area contributed by atoms with Crippen LogP contribution in [0.3, 0.4) is 0 Å². The molecule has 0 atom stereocenters. The standard InChI is InChI=1S/C21H20N2O2/c1-4-18-13(2)20(17-10-5-6-11-19(17)23-18)21(25)22-16-9-7-8-15(12-16)14(3)24/h5-12H,4H2,1-3H3,(H,22,25). The number of benzene rings is 2. The second kappa shape index (κ2) is 6.85. The lowest BCUT2D eigenvalue weighted by atomic mass is 9.99. The summed E-state index contributed by atoms with van der Waals surface area (Å²) in [6.07, 6.45) is 0.761. The summed E-state index contributed by atoms with van der Waals surface area (Å²) < 4.78 is 0. The molecule has 0 unspecified atom stereocenters. The SMILES string of the molecule is CCc1nc2ccccc2c(C(=O)Nc2cccc(C(C)=O)c2)c1C. The molecule has 2 aromatic carbocycles. The average Bonchev–Trinajstić information content (AvgIpc) is 2.61. The van der Waals surface area contributed by atoms with Crippen LogP contribution in [0, 0.1) is 6.92 Å². The van der Waals surface area contributed by atoms with E-state index in [4.69, 9.17) is 0 Å². The number of Topliss-reactive ketones (excluding diaryl/α,β-unsaturated/α-hetero) is 1. The third-order valence-corrected chi connectivity index (χ3v) is 4.33. The Morgan fingerprint density at radius 1 is 1.08 bits per heavy atom. The van der Waals surface area contributed by atoms with Crippen molar-refractivity contribution < 1.29 is 9.59 Å². The molecule has 0 saturated heterocycles. The molecule has 0 spiro atoms. The number of hydrogen-bond acceptors (Lipinski definition) is 3. The molecule has 1 heterocycles. The second-order valence-corrected chi connectivity index (χ2v) is 6.02. The zero-order valence-corrected chi connectivity index (χ0v) is 14.6. The van der Waals surface area contributed by atoms with Crippen molar-refractivity contribution in [2.45, 2.75) is 27.2 Å². The third-order valence-electron chi connectivity index (χ3n) is 4.33. The lowest BCUT2D eigenvalue weighted by Crippen LogP contribution is -2.16. The highest BCUT2D eigenvalue weighted by molar-refractivity contribution is 6.13. The Labute approximate surface area is 146 Å². The number of carbonyl (C=O) groups excluding carboxylic acids is 2. The van der Waals surface area contributed by atoms with Crippen molar-refractivity contribution in [3.63, 3.8) is 0 Å². The highest BCUT2D eigenvalue weighted by Crippen LogP contribution is 2.25. The van der Waals surface area contributed by atoms with Crippen LogP contribution >= 0.6 is 0 Å². The van der Waals surface area contributed by atoms with E-state index in [9.17, 15) is 9.59 Å². The first-order chi connectivity index (χ1) is 12.0. The molecule has 1 N–H and O–H groups in total. The molecule has 0 fully saturated rings. The molecule has 0 aliphatic rings. The van der Waals surface area contributed by atoms with E-state index in [0.29, 0.717) is 16.8 Å². The number of aryl methyl sites for hydroxylation is 1. The largest absolute Gasteiger partial charge is 0.322 e. The highest BCUT2D eigenvalue weighted by atomic mass is 16.1. The molecule has 126 valence electrons. The number of fused-ring (bicyclic) bond motifs is 1. The Bertz CT molecular complexity index is 977. The summed E-state index contributed by atoms with van der Waals surface area (Å²) in [5.74, 6) is -0.221. The maximum atomic E-state index is 13.0. The van der Waals surface area contributed by atoms with Gasteiger partial charge in [0, 0.05) is 22.3 Å². The van der Waals surface area contributed by atoms with Gasteiger partial charge in [-0.15, -0.1) is 0 Å². The van der Waals surface area contributed by atoms with Gasteiger partial charge in [0.2, 0.25) is 0 Å². The van der Waals surface area contributed by atoms with Crippen molar-refractivity contribution in [2.75, 3.05) is 5.32 Å². The van der Waals surface area contributed by atoms with Crippen molar-refractivity contribution in [1.82, 2.24) is 4.98 Å². The van der Waals surface area contributed by atoms with Crippen LogP contribution < -0.4 is 5.32 Å². The van der Waals surface area contributed by atoms with Crippen LogP contribution in [0.1, 0.15) is 45.8 Å². The maximum Gasteiger partial charge on any atom is 0.256 e. The summed E-state index contributed by atoms with van der Waals surface area (Å²) in [7, 11) is 0. The first-order valence-corrected chi connectivity index (χ1v) is 8.31. The Morgan fingerprint density at radius 2 is 1.84 bits per heavy atom. The van der Waals surface area contributed by atoms with Gasteiger partial charge in [0.25, 0.3) is 5.91 Å². The van der Waals surface area contributed by atoms with Gasteiger partial charge < -0.3 is 5.32 Å². The molecular formula is C21H20N2O2. The first kappa shape index (κ1) is 16.8. The first-order valence-electron chi connectivity index (χ1n) is 8.31. The molecule has 0 aliphatic carbocycles. The zero-order chi connectivity index (χ0) is 18.0. The molecule has 0 bridgehead atoms. The van der Waals surface area contributed by atoms with Crippen LogP contribution in [-0.4, -0.2) is 16.7 Å². The van der Waals surface area contributed by atoms with E-state index in [-0.39, 0.29) is 11.7 Å². The molecule has 0 saturated carbocycles. The quantitative estimate of drug-likeness (QED) is 0.713. The lowest BCUT2D eigenvalue weighted by molar-refractivity contribution is 0.101. The number of para-hydroxylation sites is 1. The zero-order valence-electron chi connectivity index (χ0n) is 14.6. The number of ketones is 1. The van der Waals surface area contributed by atoms with Gasteiger partial charge >= 0.3 is 0 Å². The van der Waals surface area contributed by atoms with Gasteiger partial charge in [0.05, 0.1) is 11.1 Å². The fraction of sp³-hybridized carbons (Fsp3) is 0.190. The van der Waals surface area contributed by atoms with Gasteiger partial charge in [-0.1, -0.05) is 37.3 Å². The number of hydrogen-bond donors (Lipinski definition) is 1. The van der Waals surface area contributed by atoms with Crippen LogP contribution in [0.5, 0.6) is 0 Å². The Hall–Kier alpha value is -3.01. The summed E-state index contributed by atoms with van der Waals surface area (Å²) in [5, 5.41) is 3.75. The monoisotopic (exact) mass is 332 g/mol. The minimum Gasteiger partial charge on any atom is -0.322 e. The molecular weight excluding hydrogens is 312 g/mol. The van der Waals surface area contributed by atoms with Gasteiger partial charge in [-0.05, 0) is 44.0 Å². The topological polar surface area (TPSA) is 59.1 Å². The number of carbonyl (C=O) groups is 2. The van der Waals surface area contributed by atoms with E-state index >= 15 is 0 Å². The van der Waals surface area contributed by atoms with Crippen molar-refractivity contribution in [2.24, 2.45) is 0 Å². The predicted octanol–water partition coefficient (Wildman–Crippen LogP) is 4.56. The lowest BCUT2D eigenvalue weighted by Gasteiger charge is -2.14. The van der Waals surface area contributed by atoms with Gasteiger partial charge in [-0.3, -0.25) is 14.6 Å². The van der Waals surface area contributed by atoms with Crippen LogP contribution in [0.4, 0.5) is 5.69 Å². The van der Waals surface area contributed by atoms with E-state index < -0.39 is 0 Å². The minimum atomic E-state index is -0.188. The number of aromatic nitrogens is 1. The van der Waals surface area contributed by atoms with Crippen LogP contribution in [0.25, 0.3) is 10.9 Å². The number of rotatable bonds is 4. The maximum absolute atomic E-state index is 13.0. The summed E-state index contributed by atoms with van der Waals surface area (Å²) >= 11 is 0. The summed E-state index contributed by atoms with van der Waals surface area (Å²) in [6, 6.07) is 14.6. The van der Waals surface area contributed by atoms with Gasteiger partial charge in [-0.2, -0.15) is 0 Å². The van der Waals surface area contributed by atoms with Gasteiger partial charge in [0.1, 0.15) is 0 Å². The number of anilines is 1. The van der Waals surface area contributed by atoms with Crippen molar-refractivity contribution in [3.8, 4) is 0 Å². The fourth-order valence-corrected chi connectivity index (χ4v) is 3.00. The predicted molar refractivity (Wildman–Crippen MR) is 100 cm³/mol. The van der Waals surface area contributed by atoms with Gasteiger partial charge in [-0.25, -0.2) is 0 Å². The van der Waals surface area contributed by atoms with Gasteiger partial charge in [0.15, 0.2) is 5.78 Å². The van der Waals surface area contributed by atoms with E-state index in [1.54, 1.807) is 24.3 Å². The van der Waals surface area contributed by atoms with Crippen molar-refractivity contribution in [3.05, 3.63) is 70.9 Å². The molecule has 4 heteroatoms. The fourth-order valence-electron chi connectivity index (χ4n) is 3.00. The van der Waals surface area contributed by atoms with E-state index in [1.807, 2.05) is 38.1 Å². The smallest absolute Gasteiger partial charge is 0.256 e. The molecule has 0 aliphatic heterocycles. The van der Waals surface area contributed by atoms with E-state index in [1.165, 1.54) is 6.92 Å². The molecule has 3 aromatic rings. The second-order valence-electron chi connectivity index (χ2n) is 6.02. The van der Waals surface area contributed by atoms with Crippen LogP contribution in [-0.2, 0) is 6.42 Å². The molecule has 3 rings (SSSR count). The summed E-state index contributed by atoms with van der Waals surface area (Å²) in [5.41, 5.74) is 4.44. The molecule has 25 heavy (non-hydrogen) atoms. The number of nitrogens with zero attached hydrogens (tertiary/aromatic N) is 1. The Morgan fingerprint density at radius 3 is 2.56 bits per heavy atom. The van der Waals surface area contributed by atoms with Crippen molar-refractivity contribution in [1.29, 1.82) is 0 Å². The third kappa shape index (κ3) is 3.29. The van der Waals surface area contributed by atoms with Crippen LogP contribution in [0.2, 0.25) is 0 Å². The number of pyridine rings is 1. The molecule has 1 aromatic heterocycles. The number of amides is 1. The van der Waals surface area contributed by atoms with Crippen molar-refractivity contribution >= 4 is 28.3 Å². The summed E-state index contributed by atoms with van der Waals surface area (Å²) in [4.78, 5) is 29.2.